The molecule has 0 aromatic heterocycles. The van der Waals surface area contributed by atoms with Gasteiger partial charge in [0.05, 0.1) is 12.9 Å². The number of amides is 1. The number of carbonyl (C=O) groups excluding carboxylic acids is 1. The maximum atomic E-state index is 12.2. The molecule has 1 aliphatic heterocycles. The Morgan fingerprint density at radius 3 is 2.36 bits per heavy atom. The summed E-state index contributed by atoms with van der Waals surface area (Å²) in [6.45, 7) is 6.87. The molecule has 2 rings (SSSR count). The van der Waals surface area contributed by atoms with Gasteiger partial charge in [-0.25, -0.2) is 4.79 Å². The zero-order valence-electron chi connectivity index (χ0n) is 15.3. The van der Waals surface area contributed by atoms with E-state index < -0.39 is 15.7 Å². The van der Waals surface area contributed by atoms with Crippen LogP contribution < -0.4 is 0 Å². The van der Waals surface area contributed by atoms with Gasteiger partial charge in [-0.05, 0) is 50.7 Å². The van der Waals surface area contributed by atoms with Crippen LogP contribution in [0.15, 0.2) is 24.3 Å². The number of benzene rings is 1. The Morgan fingerprint density at radius 1 is 1.20 bits per heavy atom. The molecule has 1 aliphatic rings. The first-order valence-corrected chi connectivity index (χ1v) is 10.3. The molecule has 1 aromatic carbocycles. The van der Waals surface area contributed by atoms with Crippen molar-refractivity contribution >= 4 is 16.2 Å². The Balaban J connectivity index is 2.00. The highest BCUT2D eigenvalue weighted by atomic mass is 32.2. The summed E-state index contributed by atoms with van der Waals surface area (Å²) in [6, 6.07) is 7.72. The topological polar surface area (TPSA) is 72.9 Å². The smallest absolute Gasteiger partial charge is 0.410 e. The molecule has 0 saturated carbocycles. The van der Waals surface area contributed by atoms with Crippen molar-refractivity contribution in [2.75, 3.05) is 19.3 Å². The number of nitrogens with zero attached hydrogens (tertiary/aromatic N) is 1. The van der Waals surface area contributed by atoms with E-state index >= 15 is 0 Å². The zero-order valence-corrected chi connectivity index (χ0v) is 16.1. The van der Waals surface area contributed by atoms with Crippen LogP contribution in [0, 0.1) is 0 Å². The molecule has 0 N–H and O–H groups in total. The average molecular weight is 369 g/mol. The molecule has 1 fully saturated rings. The Bertz CT molecular complexity index is 700. The fourth-order valence-electron chi connectivity index (χ4n) is 2.93. The molecule has 0 spiro atoms. The Kier molecular flexibility index (Phi) is 6.11. The molecular formula is C18H27NO5S. The second-order valence-electron chi connectivity index (χ2n) is 7.41. The highest BCUT2D eigenvalue weighted by molar-refractivity contribution is 7.85. The molecule has 1 saturated heterocycles. The van der Waals surface area contributed by atoms with Crippen molar-refractivity contribution in [2.24, 2.45) is 0 Å². The number of ether oxygens (including phenoxy) is 1. The van der Waals surface area contributed by atoms with E-state index in [0.29, 0.717) is 13.1 Å². The minimum atomic E-state index is -3.48. The van der Waals surface area contributed by atoms with Gasteiger partial charge in [0.25, 0.3) is 10.1 Å². The summed E-state index contributed by atoms with van der Waals surface area (Å²) < 4.78 is 32.9. The van der Waals surface area contributed by atoms with E-state index in [2.05, 4.69) is 0 Å². The van der Waals surface area contributed by atoms with Crippen molar-refractivity contribution < 1.29 is 22.1 Å². The molecule has 1 heterocycles. The molecule has 1 aromatic rings. The van der Waals surface area contributed by atoms with Gasteiger partial charge in [-0.3, -0.25) is 4.18 Å². The first-order chi connectivity index (χ1) is 11.6. The normalized spacial score (nSPS) is 16.7. The second kappa shape index (κ2) is 7.74. The van der Waals surface area contributed by atoms with Crippen LogP contribution in [0.4, 0.5) is 4.79 Å². The monoisotopic (exact) mass is 369 g/mol. The lowest BCUT2D eigenvalue weighted by molar-refractivity contribution is 0.0204. The van der Waals surface area contributed by atoms with Gasteiger partial charge in [0, 0.05) is 13.1 Å². The van der Waals surface area contributed by atoms with E-state index in [1.807, 2.05) is 45.0 Å². The van der Waals surface area contributed by atoms with Gasteiger partial charge in [-0.15, -0.1) is 0 Å². The molecule has 0 aliphatic carbocycles. The van der Waals surface area contributed by atoms with Crippen LogP contribution in [0.25, 0.3) is 0 Å². The van der Waals surface area contributed by atoms with Gasteiger partial charge in [0.2, 0.25) is 0 Å². The molecule has 0 bridgehead atoms. The van der Waals surface area contributed by atoms with Crippen LogP contribution in [-0.4, -0.2) is 44.4 Å². The predicted molar refractivity (Wildman–Crippen MR) is 95.9 cm³/mol. The van der Waals surface area contributed by atoms with E-state index in [1.54, 1.807) is 4.90 Å². The lowest BCUT2D eigenvalue weighted by atomic mass is 9.87. The number of piperidine rings is 1. The summed E-state index contributed by atoms with van der Waals surface area (Å²) >= 11 is 0. The summed E-state index contributed by atoms with van der Waals surface area (Å²) in [5.41, 5.74) is 1.47. The van der Waals surface area contributed by atoms with E-state index in [4.69, 9.17) is 8.92 Å². The number of hydrogen-bond acceptors (Lipinski definition) is 5. The van der Waals surface area contributed by atoms with Crippen molar-refractivity contribution in [1.82, 2.24) is 4.90 Å². The SMILES string of the molecule is CC(C)(C)OC(=O)N1CCC(c2ccccc2COS(C)(=O)=O)CC1. The maximum absolute atomic E-state index is 12.2. The third-order valence-corrected chi connectivity index (χ3v) is 4.62. The number of hydrogen-bond donors (Lipinski definition) is 0. The molecule has 6 nitrogen and oxygen atoms in total. The number of likely N-dealkylation sites (tertiary alicyclic amines) is 1. The summed E-state index contributed by atoms with van der Waals surface area (Å²) in [4.78, 5) is 13.9. The third-order valence-electron chi connectivity index (χ3n) is 4.07. The summed E-state index contributed by atoms with van der Waals surface area (Å²) in [6.07, 6.45) is 2.40. The first-order valence-electron chi connectivity index (χ1n) is 8.45. The van der Waals surface area contributed by atoms with Gasteiger partial charge in [-0.1, -0.05) is 24.3 Å². The minimum Gasteiger partial charge on any atom is -0.444 e. The van der Waals surface area contributed by atoms with Crippen LogP contribution >= 0.6 is 0 Å². The van der Waals surface area contributed by atoms with E-state index in [9.17, 15) is 13.2 Å². The molecular weight excluding hydrogens is 342 g/mol. The summed E-state index contributed by atoms with van der Waals surface area (Å²) in [5.74, 6) is 0.276. The zero-order chi connectivity index (χ0) is 18.7. The minimum absolute atomic E-state index is 0.0429. The molecule has 25 heavy (non-hydrogen) atoms. The highest BCUT2D eigenvalue weighted by Crippen LogP contribution is 2.31. The fraction of sp³-hybridized carbons (Fsp3) is 0.611. The average Bonchev–Trinajstić information content (AvgIpc) is 2.51. The number of rotatable bonds is 4. The summed E-state index contributed by atoms with van der Waals surface area (Å²) in [5, 5.41) is 0. The van der Waals surface area contributed by atoms with Gasteiger partial charge in [-0.2, -0.15) is 8.42 Å². The van der Waals surface area contributed by atoms with Crippen molar-refractivity contribution in [3.63, 3.8) is 0 Å². The van der Waals surface area contributed by atoms with Gasteiger partial charge in [0.15, 0.2) is 0 Å². The Morgan fingerprint density at radius 2 is 1.80 bits per heavy atom. The molecule has 0 radical (unpaired) electrons. The van der Waals surface area contributed by atoms with Crippen LogP contribution in [0.2, 0.25) is 0 Å². The van der Waals surface area contributed by atoms with E-state index in [-0.39, 0.29) is 18.6 Å². The maximum Gasteiger partial charge on any atom is 0.410 e. The van der Waals surface area contributed by atoms with E-state index in [1.165, 1.54) is 0 Å². The van der Waals surface area contributed by atoms with Crippen LogP contribution in [-0.2, 0) is 25.6 Å². The lowest BCUT2D eigenvalue weighted by Crippen LogP contribution is -2.41. The van der Waals surface area contributed by atoms with Crippen molar-refractivity contribution in [3.8, 4) is 0 Å². The highest BCUT2D eigenvalue weighted by Gasteiger charge is 2.28. The fourth-order valence-corrected chi connectivity index (χ4v) is 3.28. The number of carbonyl (C=O) groups is 1. The quantitative estimate of drug-likeness (QED) is 0.762. The molecule has 140 valence electrons. The van der Waals surface area contributed by atoms with Crippen molar-refractivity contribution in [1.29, 1.82) is 0 Å². The van der Waals surface area contributed by atoms with Gasteiger partial charge >= 0.3 is 6.09 Å². The van der Waals surface area contributed by atoms with Gasteiger partial charge < -0.3 is 9.64 Å². The van der Waals surface area contributed by atoms with Crippen LogP contribution in [0.1, 0.15) is 50.7 Å². The van der Waals surface area contributed by atoms with Gasteiger partial charge in [0.1, 0.15) is 5.60 Å². The lowest BCUT2D eigenvalue weighted by Gasteiger charge is -2.34. The second-order valence-corrected chi connectivity index (χ2v) is 9.05. The van der Waals surface area contributed by atoms with E-state index in [0.717, 1.165) is 30.2 Å². The molecule has 7 heteroatoms. The van der Waals surface area contributed by atoms with Crippen LogP contribution in [0.5, 0.6) is 0 Å². The summed E-state index contributed by atoms with van der Waals surface area (Å²) in [7, 11) is -3.48. The molecule has 1 amide bonds. The predicted octanol–water partition coefficient (Wildman–Crippen LogP) is 3.28. The first kappa shape index (κ1) is 19.7. The molecule has 0 unspecified atom stereocenters. The van der Waals surface area contributed by atoms with Crippen LogP contribution in [0.3, 0.4) is 0 Å². The standard InChI is InChI=1S/C18H27NO5S/c1-18(2,3)24-17(20)19-11-9-14(10-12-19)16-8-6-5-7-15(16)13-23-25(4,21)22/h5-8,14H,9-13H2,1-4H3. The Labute approximate surface area is 150 Å². The Hall–Kier alpha value is -1.60. The largest absolute Gasteiger partial charge is 0.444 e. The van der Waals surface area contributed by atoms with Crippen molar-refractivity contribution in [2.45, 2.75) is 51.7 Å². The molecule has 0 atom stereocenters. The third kappa shape index (κ3) is 6.32. The van der Waals surface area contributed by atoms with Crippen molar-refractivity contribution in [3.05, 3.63) is 35.4 Å².